The summed E-state index contributed by atoms with van der Waals surface area (Å²) in [6, 6.07) is 13.5. The molecular weight excluding hydrogens is 376 g/mol. The fraction of sp³-hybridized carbons (Fsp3) is 0.261. The number of aliphatic hydroxyl groups is 1. The molecule has 0 atom stereocenters. The molecule has 0 aliphatic heterocycles. The number of aromatic amines is 1. The van der Waals surface area contributed by atoms with Gasteiger partial charge in [0, 0.05) is 23.9 Å². The number of anilines is 3. The molecule has 4 rings (SSSR count). The van der Waals surface area contributed by atoms with Gasteiger partial charge in [0.15, 0.2) is 5.82 Å². The molecule has 0 bridgehead atoms. The van der Waals surface area contributed by atoms with Crippen LogP contribution in [0.2, 0.25) is 0 Å². The summed E-state index contributed by atoms with van der Waals surface area (Å²) in [4.78, 5) is 8.64. The fourth-order valence-corrected chi connectivity index (χ4v) is 3.65. The van der Waals surface area contributed by atoms with Crippen molar-refractivity contribution >= 4 is 23.2 Å². The molecule has 1 aromatic carbocycles. The van der Waals surface area contributed by atoms with E-state index in [1.165, 1.54) is 31.4 Å². The van der Waals surface area contributed by atoms with Gasteiger partial charge in [-0.25, -0.2) is 4.98 Å². The number of H-pyrrole nitrogens is 1. The van der Waals surface area contributed by atoms with Crippen molar-refractivity contribution < 1.29 is 5.11 Å². The summed E-state index contributed by atoms with van der Waals surface area (Å²) >= 11 is 0. The van der Waals surface area contributed by atoms with Gasteiger partial charge in [-0.15, -0.1) is 0 Å². The summed E-state index contributed by atoms with van der Waals surface area (Å²) in [6.07, 6.45) is 8.30. The van der Waals surface area contributed by atoms with Crippen LogP contribution in [0.4, 0.5) is 17.6 Å². The summed E-state index contributed by atoms with van der Waals surface area (Å²) in [7, 11) is 0. The van der Waals surface area contributed by atoms with Crippen molar-refractivity contribution in [2.75, 3.05) is 17.2 Å². The minimum atomic E-state index is 0.152. The highest BCUT2D eigenvalue weighted by atomic mass is 16.3. The summed E-state index contributed by atoms with van der Waals surface area (Å²) in [5, 5.41) is 23.9. The first-order valence-electron chi connectivity index (χ1n) is 10.2. The van der Waals surface area contributed by atoms with E-state index in [9.17, 15) is 5.11 Å². The third kappa shape index (κ3) is 5.05. The molecule has 154 valence electrons. The van der Waals surface area contributed by atoms with E-state index in [0.717, 1.165) is 17.0 Å². The second-order valence-electron chi connectivity index (χ2n) is 7.46. The van der Waals surface area contributed by atoms with Crippen LogP contribution in [0.25, 0.3) is 5.57 Å². The summed E-state index contributed by atoms with van der Waals surface area (Å²) in [6.45, 7) is 4.19. The van der Waals surface area contributed by atoms with E-state index in [-0.39, 0.29) is 12.3 Å². The monoisotopic (exact) mass is 402 g/mol. The van der Waals surface area contributed by atoms with E-state index in [2.05, 4.69) is 43.4 Å². The first-order chi connectivity index (χ1) is 14.7. The minimum Gasteiger partial charge on any atom is -0.510 e. The van der Waals surface area contributed by atoms with Gasteiger partial charge in [-0.3, -0.25) is 5.10 Å². The number of hydrogen-bond donors (Lipinski definition) is 4. The quantitative estimate of drug-likeness (QED) is 0.306. The largest absolute Gasteiger partial charge is 0.510 e. The predicted molar refractivity (Wildman–Crippen MR) is 120 cm³/mol. The van der Waals surface area contributed by atoms with Gasteiger partial charge in [0.1, 0.15) is 11.6 Å². The number of benzene rings is 1. The molecule has 0 radical (unpaired) electrons. The normalized spacial score (nSPS) is 14.6. The van der Waals surface area contributed by atoms with Crippen LogP contribution in [-0.4, -0.2) is 31.8 Å². The van der Waals surface area contributed by atoms with Crippen molar-refractivity contribution in [3.05, 3.63) is 78.3 Å². The number of aromatic nitrogens is 4. The van der Waals surface area contributed by atoms with Crippen LogP contribution in [-0.2, 0) is 0 Å². The molecule has 0 saturated heterocycles. The van der Waals surface area contributed by atoms with E-state index in [0.29, 0.717) is 17.7 Å². The van der Waals surface area contributed by atoms with Gasteiger partial charge >= 0.3 is 0 Å². The molecular formula is C23H26N6O. The summed E-state index contributed by atoms with van der Waals surface area (Å²) < 4.78 is 0. The Morgan fingerprint density at radius 3 is 2.77 bits per heavy atom. The lowest BCUT2D eigenvalue weighted by Crippen LogP contribution is -2.08. The van der Waals surface area contributed by atoms with E-state index >= 15 is 0 Å². The third-order valence-corrected chi connectivity index (χ3v) is 5.22. The molecule has 7 nitrogen and oxygen atoms in total. The Kier molecular flexibility index (Phi) is 6.08. The zero-order valence-corrected chi connectivity index (χ0v) is 16.8. The Labute approximate surface area is 176 Å². The van der Waals surface area contributed by atoms with E-state index in [1.54, 1.807) is 18.3 Å². The lowest BCUT2D eigenvalue weighted by Gasteiger charge is -2.07. The van der Waals surface area contributed by atoms with Crippen LogP contribution in [0.1, 0.15) is 42.9 Å². The molecule has 2 heterocycles. The van der Waals surface area contributed by atoms with Crippen LogP contribution in [0.5, 0.6) is 0 Å². The van der Waals surface area contributed by atoms with Crippen molar-refractivity contribution in [1.29, 1.82) is 0 Å². The van der Waals surface area contributed by atoms with E-state index in [1.807, 2.05) is 30.3 Å². The number of hydrogen-bond acceptors (Lipinski definition) is 6. The molecule has 3 aromatic rings. The fourth-order valence-electron chi connectivity index (χ4n) is 3.65. The average Bonchev–Trinajstić information content (AvgIpc) is 3.45. The first-order valence-corrected chi connectivity index (χ1v) is 10.2. The molecule has 30 heavy (non-hydrogen) atoms. The maximum Gasteiger partial charge on any atom is 0.224 e. The Morgan fingerprint density at radius 1 is 1.17 bits per heavy atom. The summed E-state index contributed by atoms with van der Waals surface area (Å²) in [5.41, 5.74) is 2.88. The van der Waals surface area contributed by atoms with Crippen LogP contribution in [0, 0.1) is 0 Å². The highest BCUT2D eigenvalue weighted by Crippen LogP contribution is 2.33. The zero-order chi connectivity index (χ0) is 20.8. The maximum absolute atomic E-state index is 10.2. The van der Waals surface area contributed by atoms with Crippen LogP contribution in [0.15, 0.2) is 67.1 Å². The third-order valence-electron chi connectivity index (χ3n) is 5.22. The van der Waals surface area contributed by atoms with Crippen molar-refractivity contribution in [3.8, 4) is 0 Å². The van der Waals surface area contributed by atoms with Crippen LogP contribution in [0.3, 0.4) is 0 Å². The average molecular weight is 403 g/mol. The molecule has 0 unspecified atom stereocenters. The van der Waals surface area contributed by atoms with Crippen molar-refractivity contribution in [3.63, 3.8) is 0 Å². The minimum absolute atomic E-state index is 0.152. The van der Waals surface area contributed by atoms with Crippen LogP contribution < -0.4 is 10.6 Å². The lowest BCUT2D eigenvalue weighted by atomic mass is 10.0. The van der Waals surface area contributed by atoms with Gasteiger partial charge in [-0.05, 0) is 36.1 Å². The molecule has 1 fully saturated rings. The van der Waals surface area contributed by atoms with Gasteiger partial charge < -0.3 is 15.7 Å². The Balaban J connectivity index is 1.34. The highest BCUT2D eigenvalue weighted by molar-refractivity contribution is 5.72. The number of rotatable bonds is 8. The van der Waals surface area contributed by atoms with Crippen molar-refractivity contribution in [1.82, 2.24) is 20.2 Å². The predicted octanol–water partition coefficient (Wildman–Crippen LogP) is 5.17. The van der Waals surface area contributed by atoms with E-state index in [4.69, 9.17) is 0 Å². The Hall–Kier alpha value is -3.61. The zero-order valence-electron chi connectivity index (χ0n) is 16.8. The number of nitrogens with one attached hydrogen (secondary N) is 3. The molecule has 0 amide bonds. The number of nitrogens with zero attached hydrogens (tertiary/aromatic N) is 3. The van der Waals surface area contributed by atoms with Gasteiger partial charge in [0.05, 0.1) is 6.54 Å². The molecule has 1 aliphatic rings. The standard InChI is InChI=1S/C23H26N6O/c1-16(17-7-3-2-4-8-17)13-19(30)15-25-23-24-12-11-21(27-23)26-22-14-20(28-29-22)18-9-5-6-10-18/h2-4,7-8,11-14,18,30H,1,5-6,9-10,15H2,(H3,24,25,26,27,28,29)/b19-13-. The second-order valence-corrected chi connectivity index (χ2v) is 7.46. The summed E-state index contributed by atoms with van der Waals surface area (Å²) in [5.74, 6) is 2.52. The molecule has 4 N–H and O–H groups in total. The lowest BCUT2D eigenvalue weighted by molar-refractivity contribution is 0.408. The topological polar surface area (TPSA) is 98.8 Å². The van der Waals surface area contributed by atoms with Gasteiger partial charge in [-0.2, -0.15) is 10.1 Å². The first kappa shape index (κ1) is 19.7. The Morgan fingerprint density at radius 2 is 1.97 bits per heavy atom. The molecule has 0 spiro atoms. The van der Waals surface area contributed by atoms with E-state index < -0.39 is 0 Å². The number of aliphatic hydroxyl groups excluding tert-OH is 1. The van der Waals surface area contributed by atoms with Crippen LogP contribution >= 0.6 is 0 Å². The smallest absolute Gasteiger partial charge is 0.224 e. The van der Waals surface area contributed by atoms with Crippen molar-refractivity contribution in [2.24, 2.45) is 0 Å². The molecule has 1 saturated carbocycles. The van der Waals surface area contributed by atoms with Gasteiger partial charge in [-0.1, -0.05) is 49.8 Å². The molecule has 7 heteroatoms. The Bertz CT molecular complexity index is 1020. The second kappa shape index (κ2) is 9.26. The molecule has 2 aromatic heterocycles. The van der Waals surface area contributed by atoms with Crippen molar-refractivity contribution in [2.45, 2.75) is 31.6 Å². The SMILES string of the molecule is C=C(/C=C(\O)CNc1nccc(Nc2cc(C3CCCC3)[nH]n2)n1)c1ccccc1. The van der Waals surface area contributed by atoms with Gasteiger partial charge in [0.25, 0.3) is 0 Å². The number of allylic oxidation sites excluding steroid dienone is 2. The molecule has 1 aliphatic carbocycles. The van der Waals surface area contributed by atoms with Gasteiger partial charge in [0.2, 0.25) is 5.95 Å². The highest BCUT2D eigenvalue weighted by Gasteiger charge is 2.19. The maximum atomic E-state index is 10.2.